The van der Waals surface area contributed by atoms with Gasteiger partial charge < -0.3 is 11.1 Å². The summed E-state index contributed by atoms with van der Waals surface area (Å²) in [7, 11) is 0. The summed E-state index contributed by atoms with van der Waals surface area (Å²) in [6, 6.07) is 5.03. The summed E-state index contributed by atoms with van der Waals surface area (Å²) in [4.78, 5) is 8.63. The fourth-order valence-corrected chi connectivity index (χ4v) is 2.57. The van der Waals surface area contributed by atoms with E-state index in [0.29, 0.717) is 22.8 Å². The van der Waals surface area contributed by atoms with Crippen LogP contribution in [0.5, 0.6) is 0 Å². The first-order chi connectivity index (χ1) is 13.0. The zero-order valence-corrected chi connectivity index (χ0v) is 16.5. The highest BCUT2D eigenvalue weighted by Crippen LogP contribution is 2.31. The minimum absolute atomic E-state index is 0.280. The number of rotatable bonds is 5. The Bertz CT molecular complexity index is 852. The quantitative estimate of drug-likeness (QED) is 0.561. The Labute approximate surface area is 163 Å². The fraction of sp³-hybridized carbons (Fsp3) is 0.429. The van der Waals surface area contributed by atoms with Gasteiger partial charge in [0.1, 0.15) is 5.82 Å². The predicted molar refractivity (Wildman–Crippen MR) is 106 cm³/mol. The lowest BCUT2D eigenvalue weighted by Gasteiger charge is -2.19. The predicted octanol–water partition coefficient (Wildman–Crippen LogP) is 4.93. The van der Waals surface area contributed by atoms with Crippen LogP contribution < -0.4 is 11.1 Å². The van der Waals surface area contributed by atoms with Gasteiger partial charge in [-0.3, -0.25) is 0 Å². The third-order valence-corrected chi connectivity index (χ3v) is 4.37. The average Bonchev–Trinajstić information content (AvgIpc) is 2.60. The lowest BCUT2D eigenvalue weighted by Crippen LogP contribution is -2.15. The van der Waals surface area contributed by atoms with E-state index in [-0.39, 0.29) is 5.82 Å². The minimum atomic E-state index is -4.36. The summed E-state index contributed by atoms with van der Waals surface area (Å²) < 4.78 is 38.2. The molecule has 1 heterocycles. The van der Waals surface area contributed by atoms with E-state index >= 15 is 0 Å². The number of nitrogens with one attached hydrogen (secondary N) is 1. The zero-order valence-electron chi connectivity index (χ0n) is 16.5. The topological polar surface area (TPSA) is 63.8 Å². The second-order valence-corrected chi connectivity index (χ2v) is 7.12. The first-order valence-electron chi connectivity index (χ1n) is 9.13. The summed E-state index contributed by atoms with van der Waals surface area (Å²) in [5.41, 5.74) is 6.56. The number of hydrogen-bond donors (Lipinski definition) is 2. The number of hydrogen-bond acceptors (Lipinski definition) is 4. The van der Waals surface area contributed by atoms with Crippen molar-refractivity contribution in [1.29, 1.82) is 0 Å². The number of alkyl halides is 3. The molecular weight excluding hydrogens is 365 g/mol. The maximum atomic E-state index is 12.7. The lowest BCUT2D eigenvalue weighted by molar-refractivity contribution is -0.137. The van der Waals surface area contributed by atoms with Crippen LogP contribution in [-0.2, 0) is 11.6 Å². The normalized spacial score (nSPS) is 11.7. The molecule has 2 aromatic rings. The Morgan fingerprint density at radius 2 is 1.68 bits per heavy atom. The largest absolute Gasteiger partial charge is 0.416 e. The first kappa shape index (κ1) is 21.5. The van der Waals surface area contributed by atoms with Crippen LogP contribution in [0.2, 0.25) is 0 Å². The van der Waals surface area contributed by atoms with Gasteiger partial charge in [-0.15, -0.1) is 0 Å². The molecule has 0 radical (unpaired) electrons. The molecule has 0 aliphatic heterocycles. The van der Waals surface area contributed by atoms with Crippen LogP contribution >= 0.6 is 0 Å². The van der Waals surface area contributed by atoms with E-state index in [9.17, 15) is 13.2 Å². The van der Waals surface area contributed by atoms with Crippen LogP contribution in [0.3, 0.4) is 0 Å². The molecule has 0 atom stereocenters. The second-order valence-electron chi connectivity index (χ2n) is 7.12. The van der Waals surface area contributed by atoms with E-state index in [2.05, 4.69) is 34.0 Å². The highest BCUT2D eigenvalue weighted by molar-refractivity contribution is 5.57. The number of aryl methyl sites for hydroxylation is 1. The number of nitrogen functional groups attached to an aromatic ring is 1. The summed E-state index contributed by atoms with van der Waals surface area (Å²) in [6.07, 6.45) is -2.29. The molecule has 0 aliphatic rings. The van der Waals surface area contributed by atoms with Crippen molar-refractivity contribution >= 4 is 11.8 Å². The van der Waals surface area contributed by atoms with Crippen LogP contribution in [0.4, 0.5) is 24.9 Å². The van der Waals surface area contributed by atoms with Gasteiger partial charge in [0.2, 0.25) is 5.95 Å². The molecule has 28 heavy (non-hydrogen) atoms. The van der Waals surface area contributed by atoms with Crippen molar-refractivity contribution in [2.45, 2.75) is 52.1 Å². The molecule has 150 valence electrons. The van der Waals surface area contributed by atoms with E-state index in [1.165, 1.54) is 12.1 Å². The molecule has 1 aromatic heterocycles. The minimum Gasteiger partial charge on any atom is -0.382 e. The van der Waals surface area contributed by atoms with Gasteiger partial charge in [-0.2, -0.15) is 18.2 Å². The highest BCUT2D eigenvalue weighted by atomic mass is 19.4. The molecule has 0 spiro atoms. The lowest BCUT2D eigenvalue weighted by atomic mass is 9.84. The molecule has 0 unspecified atom stereocenters. The van der Waals surface area contributed by atoms with Crippen molar-refractivity contribution < 1.29 is 13.2 Å². The van der Waals surface area contributed by atoms with Crippen molar-refractivity contribution in [3.05, 3.63) is 46.6 Å². The smallest absolute Gasteiger partial charge is 0.382 e. The van der Waals surface area contributed by atoms with Gasteiger partial charge in [0.05, 0.1) is 22.2 Å². The van der Waals surface area contributed by atoms with Crippen LogP contribution in [0, 0.1) is 18.8 Å². The third kappa shape index (κ3) is 5.38. The van der Waals surface area contributed by atoms with E-state index in [4.69, 9.17) is 5.73 Å². The number of unbranched alkanes of at least 4 members (excludes halogenated alkanes) is 1. The van der Waals surface area contributed by atoms with Crippen molar-refractivity contribution in [2.75, 3.05) is 17.6 Å². The van der Waals surface area contributed by atoms with Crippen molar-refractivity contribution in [2.24, 2.45) is 0 Å². The maximum absolute atomic E-state index is 12.7. The van der Waals surface area contributed by atoms with Crippen molar-refractivity contribution in [1.82, 2.24) is 9.97 Å². The van der Waals surface area contributed by atoms with E-state index in [0.717, 1.165) is 31.5 Å². The maximum Gasteiger partial charge on any atom is 0.416 e. The molecule has 0 aliphatic carbocycles. The number of halogens is 3. The molecule has 0 saturated carbocycles. The summed E-state index contributed by atoms with van der Waals surface area (Å²) in [5, 5.41) is 3.13. The first-order valence-corrected chi connectivity index (χ1v) is 9.13. The van der Waals surface area contributed by atoms with Crippen LogP contribution in [0.1, 0.15) is 56.0 Å². The summed E-state index contributed by atoms with van der Waals surface area (Å²) in [5.74, 6) is 6.85. The average molecular weight is 390 g/mol. The number of nitrogens with two attached hydrogens (primary N) is 1. The van der Waals surface area contributed by atoms with E-state index in [1.54, 1.807) is 6.92 Å². The van der Waals surface area contributed by atoms with Crippen molar-refractivity contribution in [3.8, 4) is 11.8 Å². The van der Waals surface area contributed by atoms with Crippen molar-refractivity contribution in [3.63, 3.8) is 0 Å². The Hall–Kier alpha value is -2.75. The van der Waals surface area contributed by atoms with Gasteiger partial charge in [-0.25, -0.2) is 4.98 Å². The summed E-state index contributed by atoms with van der Waals surface area (Å²) >= 11 is 0. The monoisotopic (exact) mass is 390 g/mol. The highest BCUT2D eigenvalue weighted by Gasteiger charge is 2.30. The van der Waals surface area contributed by atoms with Gasteiger partial charge in [0, 0.05) is 6.54 Å². The van der Waals surface area contributed by atoms with Gasteiger partial charge in [0.15, 0.2) is 0 Å². The number of anilines is 2. The molecular formula is C21H25F3N4. The molecule has 4 nitrogen and oxygen atoms in total. The second kappa shape index (κ2) is 8.51. The molecule has 1 aromatic carbocycles. The Morgan fingerprint density at radius 1 is 1.07 bits per heavy atom. The Balaban J connectivity index is 2.25. The van der Waals surface area contributed by atoms with E-state index < -0.39 is 17.2 Å². The third-order valence-electron chi connectivity index (χ3n) is 4.37. The summed E-state index contributed by atoms with van der Waals surface area (Å²) in [6.45, 7) is 8.35. The van der Waals surface area contributed by atoms with Gasteiger partial charge in [-0.05, 0) is 44.9 Å². The Kier molecular flexibility index (Phi) is 6.55. The van der Waals surface area contributed by atoms with Crippen LogP contribution in [0.25, 0.3) is 0 Å². The molecule has 0 fully saturated rings. The van der Waals surface area contributed by atoms with E-state index in [1.807, 2.05) is 13.8 Å². The number of nitrogens with zero attached hydrogens (tertiary/aromatic N) is 2. The molecule has 7 heteroatoms. The van der Waals surface area contributed by atoms with Gasteiger partial charge >= 0.3 is 6.18 Å². The SMILES string of the molecule is CCCCNc1nc(C)c(C#CC(C)(C)c2ccc(C(F)(F)F)cc2)c(N)n1. The standard InChI is InChI=1S/C21H25F3N4/c1-5-6-13-26-19-27-14(2)17(18(25)28-19)11-12-20(3,4)15-7-9-16(10-8-15)21(22,23)24/h7-10H,5-6,13H2,1-4H3,(H3,25,26,27,28). The molecule has 2 rings (SSSR count). The molecule has 0 saturated heterocycles. The number of aromatic nitrogens is 2. The Morgan fingerprint density at radius 3 is 2.21 bits per heavy atom. The van der Waals surface area contributed by atoms with Gasteiger partial charge in [0.25, 0.3) is 0 Å². The fourth-order valence-electron chi connectivity index (χ4n) is 2.57. The van der Waals surface area contributed by atoms with Crippen LogP contribution in [0.15, 0.2) is 24.3 Å². The zero-order chi connectivity index (χ0) is 20.9. The molecule has 0 bridgehead atoms. The van der Waals surface area contributed by atoms with Crippen LogP contribution in [-0.4, -0.2) is 16.5 Å². The molecule has 0 amide bonds. The molecule has 3 N–H and O–H groups in total. The number of benzene rings is 1. The van der Waals surface area contributed by atoms with Gasteiger partial charge in [-0.1, -0.05) is 37.3 Å².